The first-order chi connectivity index (χ1) is 7.54. The van der Waals surface area contributed by atoms with Crippen molar-refractivity contribution in [2.45, 2.75) is 19.4 Å². The smallest absolute Gasteiger partial charge is 0.394 e. The standard InChI is InChI=1S/C6H13N3O3.H2O4S/c1-4(7)9-12-3-2-5(8)6(10)11;1-5(2,3)4/h5H,2-3,8H2,1H3,(H2,7,9)(H,10,11);(H2,1,2,3,4)/t5-;/m0./s1. The summed E-state index contributed by atoms with van der Waals surface area (Å²) < 4.78 is 31.6. The Morgan fingerprint density at radius 3 is 2.18 bits per heavy atom. The molecule has 0 aliphatic heterocycles. The van der Waals surface area contributed by atoms with Gasteiger partial charge in [-0.05, 0) is 6.92 Å². The van der Waals surface area contributed by atoms with E-state index in [-0.39, 0.29) is 13.0 Å². The lowest BCUT2D eigenvalue weighted by atomic mass is 10.2. The van der Waals surface area contributed by atoms with Crippen molar-refractivity contribution in [2.75, 3.05) is 6.61 Å². The summed E-state index contributed by atoms with van der Waals surface area (Å²) in [6, 6.07) is -0.904. The van der Waals surface area contributed by atoms with Crippen molar-refractivity contribution in [3.63, 3.8) is 0 Å². The van der Waals surface area contributed by atoms with Crippen LogP contribution in [0.1, 0.15) is 13.3 Å². The third-order valence-electron chi connectivity index (χ3n) is 1.05. The largest absolute Gasteiger partial charge is 0.480 e. The van der Waals surface area contributed by atoms with E-state index in [1.54, 1.807) is 6.92 Å². The van der Waals surface area contributed by atoms with Crippen molar-refractivity contribution >= 4 is 22.2 Å². The second kappa shape index (κ2) is 8.69. The molecular formula is C6H15N3O7S. The maximum Gasteiger partial charge on any atom is 0.394 e. The zero-order valence-corrected chi connectivity index (χ0v) is 9.79. The van der Waals surface area contributed by atoms with Crippen LogP contribution in [0.25, 0.3) is 0 Å². The van der Waals surface area contributed by atoms with Crippen LogP contribution in [0.5, 0.6) is 0 Å². The molecule has 0 aliphatic carbocycles. The monoisotopic (exact) mass is 273 g/mol. The van der Waals surface area contributed by atoms with E-state index in [4.69, 9.17) is 34.1 Å². The third kappa shape index (κ3) is 25.1. The number of aliphatic carboxylic acids is 1. The van der Waals surface area contributed by atoms with Gasteiger partial charge in [-0.25, -0.2) is 0 Å². The van der Waals surface area contributed by atoms with Crippen LogP contribution in [0.2, 0.25) is 0 Å². The first kappa shape index (κ1) is 17.9. The van der Waals surface area contributed by atoms with Gasteiger partial charge < -0.3 is 21.4 Å². The fraction of sp³-hybridized carbons (Fsp3) is 0.667. The highest BCUT2D eigenvalue weighted by Gasteiger charge is 2.10. The first-order valence-corrected chi connectivity index (χ1v) is 5.54. The number of nitrogens with zero attached hydrogens (tertiary/aromatic N) is 1. The summed E-state index contributed by atoms with van der Waals surface area (Å²) >= 11 is 0. The van der Waals surface area contributed by atoms with E-state index in [0.29, 0.717) is 5.84 Å². The van der Waals surface area contributed by atoms with Crippen LogP contribution in [-0.2, 0) is 20.0 Å². The lowest BCUT2D eigenvalue weighted by Gasteiger charge is -2.03. The first-order valence-electron chi connectivity index (χ1n) is 4.14. The van der Waals surface area contributed by atoms with E-state index in [0.717, 1.165) is 0 Å². The lowest BCUT2D eigenvalue weighted by molar-refractivity contribution is -0.139. The molecule has 11 heteroatoms. The Bertz CT molecular complexity index is 341. The number of carboxylic acids is 1. The highest BCUT2D eigenvalue weighted by Crippen LogP contribution is 1.89. The van der Waals surface area contributed by atoms with Crippen LogP contribution in [0.3, 0.4) is 0 Å². The molecule has 1 atom stereocenters. The van der Waals surface area contributed by atoms with Gasteiger partial charge in [-0.15, -0.1) is 0 Å². The summed E-state index contributed by atoms with van der Waals surface area (Å²) in [6.07, 6.45) is 0.214. The van der Waals surface area contributed by atoms with Gasteiger partial charge in [0, 0.05) is 6.42 Å². The molecule has 0 aliphatic rings. The lowest BCUT2D eigenvalue weighted by Crippen LogP contribution is -2.31. The second-order valence-corrected chi connectivity index (χ2v) is 3.64. The highest BCUT2D eigenvalue weighted by atomic mass is 32.3. The van der Waals surface area contributed by atoms with E-state index < -0.39 is 22.4 Å². The van der Waals surface area contributed by atoms with Crippen molar-refractivity contribution in [3.05, 3.63) is 0 Å². The van der Waals surface area contributed by atoms with Gasteiger partial charge in [0.1, 0.15) is 18.5 Å². The molecule has 0 unspecified atom stereocenters. The minimum atomic E-state index is -4.67. The molecular weight excluding hydrogens is 258 g/mol. The zero-order chi connectivity index (χ0) is 14.1. The third-order valence-corrected chi connectivity index (χ3v) is 1.05. The number of oxime groups is 1. The molecule has 0 aromatic carbocycles. The fourth-order valence-corrected chi connectivity index (χ4v) is 0.451. The van der Waals surface area contributed by atoms with E-state index in [1.807, 2.05) is 0 Å². The molecule has 0 aromatic heterocycles. The van der Waals surface area contributed by atoms with Crippen molar-refractivity contribution in [2.24, 2.45) is 16.6 Å². The van der Waals surface area contributed by atoms with Gasteiger partial charge in [0.15, 0.2) is 0 Å². The van der Waals surface area contributed by atoms with E-state index in [1.165, 1.54) is 0 Å². The molecule has 17 heavy (non-hydrogen) atoms. The van der Waals surface area contributed by atoms with Crippen LogP contribution >= 0.6 is 0 Å². The summed E-state index contributed by atoms with van der Waals surface area (Å²) in [5, 5.41) is 11.8. The summed E-state index contributed by atoms with van der Waals surface area (Å²) in [6.45, 7) is 1.72. The molecule has 10 nitrogen and oxygen atoms in total. The van der Waals surface area contributed by atoms with Gasteiger partial charge in [0.25, 0.3) is 0 Å². The Kier molecular flexibility index (Phi) is 9.18. The van der Waals surface area contributed by atoms with Crippen LogP contribution < -0.4 is 11.5 Å². The average Bonchev–Trinajstić information content (AvgIpc) is 2.08. The van der Waals surface area contributed by atoms with Gasteiger partial charge in [0.2, 0.25) is 0 Å². The number of hydrogen-bond acceptors (Lipinski definition) is 6. The minimum Gasteiger partial charge on any atom is -0.480 e. The molecule has 7 N–H and O–H groups in total. The number of amidine groups is 1. The molecule has 0 heterocycles. The minimum absolute atomic E-state index is 0.155. The summed E-state index contributed by atoms with van der Waals surface area (Å²) in [7, 11) is -4.67. The predicted molar refractivity (Wildman–Crippen MR) is 57.7 cm³/mol. The molecule has 0 fully saturated rings. The molecule has 0 saturated carbocycles. The molecule has 0 radical (unpaired) electrons. The molecule has 0 spiro atoms. The Balaban J connectivity index is 0. The van der Waals surface area contributed by atoms with Gasteiger partial charge in [0.05, 0.1) is 0 Å². The van der Waals surface area contributed by atoms with Crippen LogP contribution in [0.15, 0.2) is 5.16 Å². The molecule has 0 rings (SSSR count). The van der Waals surface area contributed by atoms with Gasteiger partial charge in [-0.3, -0.25) is 13.9 Å². The number of rotatable bonds is 5. The topological polar surface area (TPSA) is 186 Å². The summed E-state index contributed by atoms with van der Waals surface area (Å²) in [4.78, 5) is 14.8. The number of carbonyl (C=O) groups is 1. The number of carboxylic acid groups (broad SMARTS) is 1. The Hall–Kier alpha value is -1.43. The molecule has 0 aromatic rings. The van der Waals surface area contributed by atoms with Crippen LogP contribution in [0.4, 0.5) is 0 Å². The van der Waals surface area contributed by atoms with Gasteiger partial charge in [-0.2, -0.15) is 8.42 Å². The zero-order valence-electron chi connectivity index (χ0n) is 8.98. The van der Waals surface area contributed by atoms with Gasteiger partial charge in [-0.1, -0.05) is 5.16 Å². The fourth-order valence-electron chi connectivity index (χ4n) is 0.451. The summed E-state index contributed by atoms with van der Waals surface area (Å²) in [5.41, 5.74) is 10.3. The second-order valence-electron chi connectivity index (χ2n) is 2.75. The Morgan fingerprint density at radius 2 is 1.88 bits per heavy atom. The maximum atomic E-state index is 10.2. The van der Waals surface area contributed by atoms with E-state index in [9.17, 15) is 4.79 Å². The number of hydrogen-bond donors (Lipinski definition) is 5. The summed E-state index contributed by atoms with van der Waals surface area (Å²) in [5.74, 6) is -0.758. The molecule has 0 amide bonds. The SMILES string of the molecule is CC(N)=NOCC[C@H](N)C(=O)O.O=S(=O)(O)O. The number of nitrogens with two attached hydrogens (primary N) is 2. The molecule has 0 saturated heterocycles. The van der Waals surface area contributed by atoms with Crippen LogP contribution in [0, 0.1) is 0 Å². The van der Waals surface area contributed by atoms with E-state index in [2.05, 4.69) is 9.99 Å². The van der Waals surface area contributed by atoms with Gasteiger partial charge >= 0.3 is 16.4 Å². The van der Waals surface area contributed by atoms with Crippen molar-refractivity contribution in [1.29, 1.82) is 0 Å². The maximum absolute atomic E-state index is 10.2. The van der Waals surface area contributed by atoms with Crippen molar-refractivity contribution < 1.29 is 32.3 Å². The molecule has 102 valence electrons. The average molecular weight is 273 g/mol. The highest BCUT2D eigenvalue weighted by molar-refractivity contribution is 7.79. The Labute approximate surface area is 97.8 Å². The van der Waals surface area contributed by atoms with E-state index >= 15 is 0 Å². The van der Waals surface area contributed by atoms with Crippen LogP contribution in [-0.4, -0.2) is 47.1 Å². The predicted octanol–water partition coefficient (Wildman–Crippen LogP) is -1.56. The quantitative estimate of drug-likeness (QED) is 0.130. The molecule has 0 bridgehead atoms. The normalized spacial score (nSPS) is 13.3. The Morgan fingerprint density at radius 1 is 1.47 bits per heavy atom. The van der Waals surface area contributed by atoms with Crippen molar-refractivity contribution in [1.82, 2.24) is 0 Å². The van der Waals surface area contributed by atoms with Crippen molar-refractivity contribution in [3.8, 4) is 0 Å².